The molecule has 2 aromatic carbocycles. The molecule has 22 heavy (non-hydrogen) atoms. The molecule has 1 aromatic heterocycles. The normalized spacial score (nSPS) is 10.4. The van der Waals surface area contributed by atoms with Gasteiger partial charge in [0.15, 0.2) is 5.76 Å². The molecule has 4 heteroatoms. The Balaban J connectivity index is 1.56. The molecule has 1 N–H and O–H groups in total. The fraction of sp³-hybridized carbons (Fsp3) is 0.111. The molecular weight excluding hydrogens is 276 g/mol. The van der Waals surface area contributed by atoms with Gasteiger partial charge in [0.25, 0.3) is 0 Å². The third-order valence-corrected chi connectivity index (χ3v) is 3.30. The van der Waals surface area contributed by atoms with Gasteiger partial charge < -0.3 is 9.84 Å². The minimum Gasteiger partial charge on any atom is -0.359 e. The average Bonchev–Trinajstić information content (AvgIpc) is 3.04. The van der Waals surface area contributed by atoms with E-state index in [-0.39, 0.29) is 5.91 Å². The van der Waals surface area contributed by atoms with Crippen molar-refractivity contribution in [2.75, 3.05) is 0 Å². The Morgan fingerprint density at radius 3 is 2.41 bits per heavy atom. The molecule has 4 nitrogen and oxygen atoms in total. The number of amides is 1. The van der Waals surface area contributed by atoms with Crippen molar-refractivity contribution in [2.24, 2.45) is 0 Å². The fourth-order valence-electron chi connectivity index (χ4n) is 2.17. The molecular formula is C18H16N2O2. The summed E-state index contributed by atoms with van der Waals surface area (Å²) in [5.41, 5.74) is 2.75. The topological polar surface area (TPSA) is 55.1 Å². The number of hydrogen-bond acceptors (Lipinski definition) is 3. The summed E-state index contributed by atoms with van der Waals surface area (Å²) in [6.45, 7) is 0.339. The zero-order chi connectivity index (χ0) is 15.2. The lowest BCUT2D eigenvalue weighted by Crippen LogP contribution is -2.24. The van der Waals surface area contributed by atoms with E-state index in [9.17, 15) is 4.79 Å². The van der Waals surface area contributed by atoms with E-state index < -0.39 is 0 Å². The van der Waals surface area contributed by atoms with E-state index in [4.69, 9.17) is 4.52 Å². The second-order valence-corrected chi connectivity index (χ2v) is 4.98. The van der Waals surface area contributed by atoms with Gasteiger partial charge in [-0.05, 0) is 5.56 Å². The molecule has 1 amide bonds. The molecule has 110 valence electrons. The molecule has 0 atom stereocenters. The smallest absolute Gasteiger partial charge is 0.224 e. The maximum Gasteiger partial charge on any atom is 0.224 e. The summed E-state index contributed by atoms with van der Waals surface area (Å²) >= 11 is 0. The minimum atomic E-state index is -0.0381. The molecule has 0 unspecified atom stereocenters. The fourth-order valence-corrected chi connectivity index (χ4v) is 2.17. The van der Waals surface area contributed by atoms with Crippen molar-refractivity contribution < 1.29 is 9.32 Å². The van der Waals surface area contributed by atoms with E-state index in [1.54, 1.807) is 0 Å². The van der Waals surface area contributed by atoms with Crippen LogP contribution in [-0.2, 0) is 17.8 Å². The number of nitrogens with zero attached hydrogens (tertiary/aromatic N) is 1. The van der Waals surface area contributed by atoms with Crippen LogP contribution in [0.4, 0.5) is 0 Å². The molecule has 1 heterocycles. The number of benzene rings is 2. The lowest BCUT2D eigenvalue weighted by atomic mass is 10.1. The predicted octanol–water partition coefficient (Wildman–Crippen LogP) is 3.20. The van der Waals surface area contributed by atoms with Crippen LogP contribution in [0.3, 0.4) is 0 Å². The van der Waals surface area contributed by atoms with Crippen LogP contribution in [-0.4, -0.2) is 11.1 Å². The van der Waals surface area contributed by atoms with Gasteiger partial charge in [0.1, 0.15) is 5.69 Å². The summed E-state index contributed by atoms with van der Waals surface area (Å²) in [6.07, 6.45) is 0.362. The maximum atomic E-state index is 11.9. The second-order valence-electron chi connectivity index (χ2n) is 4.98. The third-order valence-electron chi connectivity index (χ3n) is 3.30. The Labute approximate surface area is 128 Å². The van der Waals surface area contributed by atoms with Crippen molar-refractivity contribution in [1.82, 2.24) is 10.5 Å². The lowest BCUT2D eigenvalue weighted by Gasteiger charge is -2.02. The molecule has 0 radical (unpaired) electrons. The second kappa shape index (κ2) is 6.72. The number of carbonyl (C=O) groups is 1. The highest BCUT2D eigenvalue weighted by atomic mass is 16.5. The Morgan fingerprint density at radius 1 is 1.00 bits per heavy atom. The standard InChI is InChI=1S/C18H16N2O2/c21-18(11-14-7-3-1-4-8-14)19-13-16-12-17(20-22-16)15-9-5-2-6-10-15/h1-10,12H,11,13H2,(H,19,21). The van der Waals surface area contributed by atoms with Gasteiger partial charge in [0.05, 0.1) is 13.0 Å². The van der Waals surface area contributed by atoms with Crippen molar-refractivity contribution in [3.63, 3.8) is 0 Å². The molecule has 0 spiro atoms. The maximum absolute atomic E-state index is 11.9. The Hall–Kier alpha value is -2.88. The number of nitrogens with one attached hydrogen (secondary N) is 1. The zero-order valence-corrected chi connectivity index (χ0v) is 12.0. The van der Waals surface area contributed by atoms with Gasteiger partial charge in [0.2, 0.25) is 5.91 Å². The number of aromatic nitrogens is 1. The van der Waals surface area contributed by atoms with Gasteiger partial charge in [0, 0.05) is 11.6 Å². The van der Waals surface area contributed by atoms with Gasteiger partial charge in [-0.15, -0.1) is 0 Å². The van der Waals surface area contributed by atoms with Gasteiger partial charge in [-0.25, -0.2) is 0 Å². The molecule has 0 saturated carbocycles. The molecule has 0 fully saturated rings. The summed E-state index contributed by atoms with van der Waals surface area (Å²) in [5.74, 6) is 0.601. The summed E-state index contributed by atoms with van der Waals surface area (Å²) < 4.78 is 5.25. The average molecular weight is 292 g/mol. The first-order valence-electron chi connectivity index (χ1n) is 7.13. The molecule has 0 aliphatic heterocycles. The monoisotopic (exact) mass is 292 g/mol. The lowest BCUT2D eigenvalue weighted by molar-refractivity contribution is -0.120. The summed E-state index contributed by atoms with van der Waals surface area (Å²) in [6, 6.07) is 21.3. The Bertz CT molecular complexity index is 736. The first kappa shape index (κ1) is 14.1. The van der Waals surface area contributed by atoms with Gasteiger partial charge in [-0.2, -0.15) is 0 Å². The highest BCUT2D eigenvalue weighted by Gasteiger charge is 2.08. The summed E-state index contributed by atoms with van der Waals surface area (Å²) in [5, 5.41) is 6.86. The van der Waals surface area contributed by atoms with E-state index in [0.29, 0.717) is 18.7 Å². The Morgan fingerprint density at radius 2 is 1.68 bits per heavy atom. The molecule has 0 aliphatic carbocycles. The third kappa shape index (κ3) is 3.61. The van der Waals surface area contributed by atoms with E-state index in [2.05, 4.69) is 10.5 Å². The van der Waals surface area contributed by atoms with Crippen LogP contribution in [0.1, 0.15) is 11.3 Å². The van der Waals surface area contributed by atoms with Gasteiger partial charge in [-0.3, -0.25) is 4.79 Å². The highest BCUT2D eigenvalue weighted by Crippen LogP contribution is 2.18. The van der Waals surface area contributed by atoms with Crippen molar-refractivity contribution in [1.29, 1.82) is 0 Å². The van der Waals surface area contributed by atoms with E-state index in [0.717, 1.165) is 16.8 Å². The van der Waals surface area contributed by atoms with E-state index in [1.165, 1.54) is 0 Å². The van der Waals surface area contributed by atoms with Crippen LogP contribution >= 0.6 is 0 Å². The van der Waals surface area contributed by atoms with Crippen LogP contribution in [0.5, 0.6) is 0 Å². The quantitative estimate of drug-likeness (QED) is 0.785. The molecule has 0 aliphatic rings. The van der Waals surface area contributed by atoms with Crippen LogP contribution in [0.15, 0.2) is 71.3 Å². The minimum absolute atomic E-state index is 0.0381. The van der Waals surface area contributed by atoms with Crippen molar-refractivity contribution in [2.45, 2.75) is 13.0 Å². The summed E-state index contributed by atoms with van der Waals surface area (Å²) in [7, 11) is 0. The molecule has 0 saturated heterocycles. The molecule has 0 bridgehead atoms. The van der Waals surface area contributed by atoms with Crippen LogP contribution < -0.4 is 5.32 Å². The predicted molar refractivity (Wildman–Crippen MR) is 83.9 cm³/mol. The van der Waals surface area contributed by atoms with Crippen LogP contribution in [0.2, 0.25) is 0 Å². The molecule has 3 aromatic rings. The van der Waals surface area contributed by atoms with Gasteiger partial charge >= 0.3 is 0 Å². The first-order chi connectivity index (χ1) is 10.8. The van der Waals surface area contributed by atoms with Crippen molar-refractivity contribution in [3.05, 3.63) is 78.1 Å². The zero-order valence-electron chi connectivity index (χ0n) is 12.0. The highest BCUT2D eigenvalue weighted by molar-refractivity contribution is 5.78. The van der Waals surface area contributed by atoms with E-state index >= 15 is 0 Å². The Kier molecular flexibility index (Phi) is 4.30. The van der Waals surface area contributed by atoms with Crippen LogP contribution in [0, 0.1) is 0 Å². The number of rotatable bonds is 5. The number of hydrogen-bond donors (Lipinski definition) is 1. The van der Waals surface area contributed by atoms with Gasteiger partial charge in [-0.1, -0.05) is 65.8 Å². The largest absolute Gasteiger partial charge is 0.359 e. The first-order valence-corrected chi connectivity index (χ1v) is 7.13. The van der Waals surface area contributed by atoms with Crippen molar-refractivity contribution in [3.8, 4) is 11.3 Å². The van der Waals surface area contributed by atoms with Crippen molar-refractivity contribution >= 4 is 5.91 Å². The molecule has 3 rings (SSSR count). The number of carbonyl (C=O) groups excluding carboxylic acids is 1. The SMILES string of the molecule is O=C(Cc1ccccc1)NCc1cc(-c2ccccc2)no1. The van der Waals surface area contributed by atoms with E-state index in [1.807, 2.05) is 66.7 Å². The summed E-state index contributed by atoms with van der Waals surface area (Å²) in [4.78, 5) is 11.9. The van der Waals surface area contributed by atoms with Crippen LogP contribution in [0.25, 0.3) is 11.3 Å².